The van der Waals surface area contributed by atoms with Gasteiger partial charge in [-0.3, -0.25) is 9.69 Å². The van der Waals surface area contributed by atoms with E-state index < -0.39 is 0 Å². The van der Waals surface area contributed by atoms with E-state index in [1.54, 1.807) is 11.3 Å². The standard InChI is InChI=1S/C14H19NO2S/c16-13(6-5-12-4-2-8-18-12)14-9-15-7-1-3-11(15)10-17-14/h2,4,8,11,14H,1,3,5-7,9-10H2. The van der Waals surface area contributed by atoms with Crippen LogP contribution in [0.25, 0.3) is 0 Å². The summed E-state index contributed by atoms with van der Waals surface area (Å²) < 4.78 is 5.74. The zero-order valence-corrected chi connectivity index (χ0v) is 11.3. The molecule has 0 spiro atoms. The van der Waals surface area contributed by atoms with E-state index in [9.17, 15) is 4.79 Å². The van der Waals surface area contributed by atoms with Crippen LogP contribution in [0, 0.1) is 0 Å². The molecule has 2 aliphatic rings. The Morgan fingerprint density at radius 1 is 1.56 bits per heavy atom. The van der Waals surface area contributed by atoms with Crippen molar-refractivity contribution < 1.29 is 9.53 Å². The quantitative estimate of drug-likeness (QED) is 0.835. The molecule has 0 N–H and O–H groups in total. The third kappa shape index (κ3) is 2.66. The molecule has 98 valence electrons. The molecule has 0 aliphatic carbocycles. The molecule has 3 rings (SSSR count). The van der Waals surface area contributed by atoms with E-state index in [0.29, 0.717) is 12.5 Å². The fraction of sp³-hybridized carbons (Fsp3) is 0.643. The average Bonchev–Trinajstić information content (AvgIpc) is 3.05. The molecular formula is C14H19NO2S. The summed E-state index contributed by atoms with van der Waals surface area (Å²) in [6, 6.07) is 4.71. The van der Waals surface area contributed by atoms with Crippen LogP contribution in [0.1, 0.15) is 24.1 Å². The van der Waals surface area contributed by atoms with Gasteiger partial charge in [0.05, 0.1) is 6.61 Å². The van der Waals surface area contributed by atoms with E-state index in [0.717, 1.165) is 26.1 Å². The average molecular weight is 265 g/mol. The van der Waals surface area contributed by atoms with E-state index in [-0.39, 0.29) is 11.9 Å². The van der Waals surface area contributed by atoms with E-state index in [1.807, 2.05) is 6.07 Å². The summed E-state index contributed by atoms with van der Waals surface area (Å²) in [6.45, 7) is 2.70. The Bertz CT molecular complexity index is 404. The molecule has 18 heavy (non-hydrogen) atoms. The maximum Gasteiger partial charge on any atom is 0.163 e. The SMILES string of the molecule is O=C(CCc1cccs1)C1CN2CCCC2CO1. The van der Waals surface area contributed by atoms with Crippen molar-refractivity contribution in [2.24, 2.45) is 0 Å². The lowest BCUT2D eigenvalue weighted by molar-refractivity contribution is -0.138. The van der Waals surface area contributed by atoms with Crippen molar-refractivity contribution in [2.75, 3.05) is 19.7 Å². The largest absolute Gasteiger partial charge is 0.367 e. The molecule has 2 unspecified atom stereocenters. The van der Waals surface area contributed by atoms with Gasteiger partial charge >= 0.3 is 0 Å². The summed E-state index contributed by atoms with van der Waals surface area (Å²) in [4.78, 5) is 15.9. The number of nitrogens with zero attached hydrogens (tertiary/aromatic N) is 1. The molecule has 2 atom stereocenters. The lowest BCUT2D eigenvalue weighted by Gasteiger charge is -2.34. The molecule has 0 aromatic carbocycles. The number of carbonyl (C=O) groups excluding carboxylic acids is 1. The van der Waals surface area contributed by atoms with Gasteiger partial charge in [0, 0.05) is 23.9 Å². The van der Waals surface area contributed by atoms with Crippen LogP contribution in [-0.4, -0.2) is 42.5 Å². The topological polar surface area (TPSA) is 29.5 Å². The van der Waals surface area contributed by atoms with E-state index in [4.69, 9.17) is 4.74 Å². The number of morpholine rings is 1. The maximum atomic E-state index is 12.1. The summed E-state index contributed by atoms with van der Waals surface area (Å²) in [6.07, 6.45) is 3.78. The van der Waals surface area contributed by atoms with Crippen LogP contribution in [0.3, 0.4) is 0 Å². The highest BCUT2D eigenvalue weighted by atomic mass is 32.1. The second-order valence-corrected chi connectivity index (χ2v) is 6.19. The highest BCUT2D eigenvalue weighted by Crippen LogP contribution is 2.23. The van der Waals surface area contributed by atoms with Crippen molar-refractivity contribution in [1.82, 2.24) is 4.90 Å². The zero-order valence-electron chi connectivity index (χ0n) is 10.5. The first-order valence-corrected chi connectivity index (χ1v) is 7.61. The summed E-state index contributed by atoms with van der Waals surface area (Å²) in [5.74, 6) is 0.272. The fourth-order valence-electron chi connectivity index (χ4n) is 2.87. The normalized spacial score (nSPS) is 28.2. The van der Waals surface area contributed by atoms with Gasteiger partial charge in [-0.25, -0.2) is 0 Å². The Morgan fingerprint density at radius 2 is 2.50 bits per heavy atom. The number of fused-ring (bicyclic) bond motifs is 1. The lowest BCUT2D eigenvalue weighted by Crippen LogP contribution is -2.49. The van der Waals surface area contributed by atoms with Crippen LogP contribution in [0.4, 0.5) is 0 Å². The molecule has 1 aromatic rings. The second-order valence-electron chi connectivity index (χ2n) is 5.16. The van der Waals surface area contributed by atoms with Crippen molar-refractivity contribution in [3.8, 4) is 0 Å². The van der Waals surface area contributed by atoms with Crippen molar-refractivity contribution >= 4 is 17.1 Å². The Balaban J connectivity index is 1.50. The number of hydrogen-bond donors (Lipinski definition) is 0. The number of thiophene rings is 1. The molecule has 0 saturated carbocycles. The Morgan fingerprint density at radius 3 is 3.33 bits per heavy atom. The molecule has 3 nitrogen and oxygen atoms in total. The second kappa shape index (κ2) is 5.51. The summed E-state index contributed by atoms with van der Waals surface area (Å²) in [7, 11) is 0. The van der Waals surface area contributed by atoms with Gasteiger partial charge in [0.15, 0.2) is 5.78 Å². The van der Waals surface area contributed by atoms with Gasteiger partial charge in [-0.05, 0) is 37.3 Å². The number of aryl methyl sites for hydroxylation is 1. The van der Waals surface area contributed by atoms with Crippen LogP contribution in [0.2, 0.25) is 0 Å². The van der Waals surface area contributed by atoms with Gasteiger partial charge in [-0.1, -0.05) is 6.07 Å². The number of carbonyl (C=O) groups is 1. The van der Waals surface area contributed by atoms with Gasteiger partial charge in [-0.15, -0.1) is 11.3 Å². The minimum Gasteiger partial charge on any atom is -0.367 e. The predicted molar refractivity (Wildman–Crippen MR) is 72.0 cm³/mol. The van der Waals surface area contributed by atoms with Gasteiger partial charge in [0.2, 0.25) is 0 Å². The van der Waals surface area contributed by atoms with Gasteiger partial charge in [0.25, 0.3) is 0 Å². The third-order valence-corrected chi connectivity index (χ3v) is 4.88. The first kappa shape index (κ1) is 12.3. The molecule has 3 heterocycles. The molecule has 0 radical (unpaired) electrons. The van der Waals surface area contributed by atoms with Crippen molar-refractivity contribution in [2.45, 2.75) is 37.8 Å². The molecule has 2 fully saturated rings. The summed E-state index contributed by atoms with van der Waals surface area (Å²) in [5, 5.41) is 2.06. The minimum atomic E-state index is -0.181. The van der Waals surface area contributed by atoms with Crippen LogP contribution in [-0.2, 0) is 16.0 Å². The van der Waals surface area contributed by atoms with E-state index >= 15 is 0 Å². The summed E-state index contributed by atoms with van der Waals surface area (Å²) in [5.41, 5.74) is 0. The van der Waals surface area contributed by atoms with Crippen molar-refractivity contribution in [3.63, 3.8) is 0 Å². The molecule has 0 bridgehead atoms. The zero-order chi connectivity index (χ0) is 12.4. The Kier molecular flexibility index (Phi) is 3.77. The monoisotopic (exact) mass is 265 g/mol. The van der Waals surface area contributed by atoms with Crippen molar-refractivity contribution in [3.05, 3.63) is 22.4 Å². The number of rotatable bonds is 4. The van der Waals surface area contributed by atoms with Gasteiger partial charge in [0.1, 0.15) is 6.10 Å². The van der Waals surface area contributed by atoms with Gasteiger partial charge in [-0.2, -0.15) is 0 Å². The molecule has 2 saturated heterocycles. The highest BCUT2D eigenvalue weighted by molar-refractivity contribution is 7.09. The smallest absolute Gasteiger partial charge is 0.163 e. The lowest BCUT2D eigenvalue weighted by atomic mass is 10.1. The number of ether oxygens (including phenoxy) is 1. The molecule has 2 aliphatic heterocycles. The minimum absolute atomic E-state index is 0.181. The van der Waals surface area contributed by atoms with Crippen molar-refractivity contribution in [1.29, 1.82) is 0 Å². The number of Topliss-reactive ketones (excluding diaryl/α,β-unsaturated/α-hetero) is 1. The molecule has 0 amide bonds. The van der Waals surface area contributed by atoms with E-state index in [1.165, 1.54) is 17.7 Å². The van der Waals surface area contributed by atoms with Crippen LogP contribution in [0.5, 0.6) is 0 Å². The van der Waals surface area contributed by atoms with Crippen LogP contribution in [0.15, 0.2) is 17.5 Å². The first-order valence-electron chi connectivity index (χ1n) is 6.73. The maximum absolute atomic E-state index is 12.1. The Hall–Kier alpha value is -0.710. The molecule has 4 heteroatoms. The fourth-order valence-corrected chi connectivity index (χ4v) is 3.58. The summed E-state index contributed by atoms with van der Waals surface area (Å²) >= 11 is 1.72. The van der Waals surface area contributed by atoms with E-state index in [2.05, 4.69) is 16.3 Å². The molecule has 1 aromatic heterocycles. The third-order valence-electron chi connectivity index (χ3n) is 3.95. The van der Waals surface area contributed by atoms with Gasteiger partial charge < -0.3 is 4.74 Å². The number of ketones is 1. The predicted octanol–water partition coefficient (Wildman–Crippen LogP) is 2.11. The van der Waals surface area contributed by atoms with Crippen LogP contribution < -0.4 is 0 Å². The Labute approximate surface area is 112 Å². The first-order chi connectivity index (χ1) is 8.83. The number of hydrogen-bond acceptors (Lipinski definition) is 4. The highest BCUT2D eigenvalue weighted by Gasteiger charge is 2.34. The van der Waals surface area contributed by atoms with Crippen LogP contribution >= 0.6 is 11.3 Å². The molecular weight excluding hydrogens is 246 g/mol.